The van der Waals surface area contributed by atoms with Crippen LogP contribution in [0.2, 0.25) is 0 Å². The second kappa shape index (κ2) is 5.87. The molecular formula is C17H25NO. The summed E-state index contributed by atoms with van der Waals surface area (Å²) in [6.07, 6.45) is 3.63. The van der Waals surface area contributed by atoms with Gasteiger partial charge < -0.3 is 0 Å². The molecule has 104 valence electrons. The summed E-state index contributed by atoms with van der Waals surface area (Å²) in [7, 11) is 0. The van der Waals surface area contributed by atoms with Crippen LogP contribution in [0, 0.1) is 20.8 Å². The van der Waals surface area contributed by atoms with E-state index >= 15 is 0 Å². The highest BCUT2D eigenvalue weighted by atomic mass is 16.1. The van der Waals surface area contributed by atoms with Gasteiger partial charge in [-0.1, -0.05) is 13.0 Å². The monoisotopic (exact) mass is 259 g/mol. The average molecular weight is 259 g/mol. The SMILES string of the molecule is CCC1CCCN1CC(=O)c1cc(C)c(C)cc1C. The molecule has 1 aliphatic heterocycles. The minimum absolute atomic E-state index is 0.279. The lowest BCUT2D eigenvalue weighted by molar-refractivity contribution is 0.0919. The molecule has 2 nitrogen and oxygen atoms in total. The second-order valence-corrected chi connectivity index (χ2v) is 5.85. The van der Waals surface area contributed by atoms with Crippen LogP contribution in [0.3, 0.4) is 0 Å². The van der Waals surface area contributed by atoms with E-state index in [1.54, 1.807) is 0 Å². The van der Waals surface area contributed by atoms with Gasteiger partial charge in [-0.25, -0.2) is 0 Å². The summed E-state index contributed by atoms with van der Waals surface area (Å²) in [6.45, 7) is 10.1. The number of hydrogen-bond acceptors (Lipinski definition) is 2. The third kappa shape index (κ3) is 3.06. The van der Waals surface area contributed by atoms with E-state index in [1.165, 1.54) is 24.0 Å². The Bertz CT molecular complexity index is 478. The zero-order valence-corrected chi connectivity index (χ0v) is 12.6. The maximum atomic E-state index is 12.5. The fraction of sp³-hybridized carbons (Fsp3) is 0.588. The largest absolute Gasteiger partial charge is 0.293 e. The maximum Gasteiger partial charge on any atom is 0.177 e. The first-order valence-electron chi connectivity index (χ1n) is 7.38. The number of aryl methyl sites for hydroxylation is 3. The smallest absolute Gasteiger partial charge is 0.177 e. The molecule has 0 amide bonds. The molecule has 1 atom stereocenters. The van der Waals surface area contributed by atoms with E-state index in [0.717, 1.165) is 24.1 Å². The minimum Gasteiger partial charge on any atom is -0.293 e. The summed E-state index contributed by atoms with van der Waals surface area (Å²) in [5.74, 6) is 0.279. The van der Waals surface area contributed by atoms with Crippen LogP contribution in [-0.2, 0) is 0 Å². The zero-order chi connectivity index (χ0) is 14.0. The lowest BCUT2D eigenvalue weighted by Crippen LogP contribution is -2.34. The summed E-state index contributed by atoms with van der Waals surface area (Å²) in [5, 5.41) is 0. The predicted molar refractivity (Wildman–Crippen MR) is 79.9 cm³/mol. The number of ketones is 1. The molecule has 1 saturated heterocycles. The number of nitrogens with zero attached hydrogens (tertiary/aromatic N) is 1. The maximum absolute atomic E-state index is 12.5. The molecule has 0 spiro atoms. The standard InChI is InChI=1S/C17H25NO/c1-5-15-7-6-8-18(15)11-17(19)16-10-13(3)12(2)9-14(16)4/h9-10,15H,5-8,11H2,1-4H3. The van der Waals surface area contributed by atoms with E-state index in [0.29, 0.717) is 12.6 Å². The topological polar surface area (TPSA) is 20.3 Å². The second-order valence-electron chi connectivity index (χ2n) is 5.85. The predicted octanol–water partition coefficient (Wildman–Crippen LogP) is 3.67. The number of Topliss-reactive ketones (excluding diaryl/α,β-unsaturated/α-hetero) is 1. The van der Waals surface area contributed by atoms with Crippen molar-refractivity contribution in [1.82, 2.24) is 4.90 Å². The Kier molecular flexibility index (Phi) is 4.41. The summed E-state index contributed by atoms with van der Waals surface area (Å²) in [5.41, 5.74) is 4.49. The summed E-state index contributed by atoms with van der Waals surface area (Å²) in [6, 6.07) is 4.80. The summed E-state index contributed by atoms with van der Waals surface area (Å²) in [4.78, 5) is 14.9. The Morgan fingerprint density at radius 3 is 2.58 bits per heavy atom. The molecule has 0 aromatic heterocycles. The minimum atomic E-state index is 0.279. The first-order chi connectivity index (χ1) is 9.02. The van der Waals surface area contributed by atoms with Gasteiger partial charge in [-0.2, -0.15) is 0 Å². The van der Waals surface area contributed by atoms with E-state index in [2.05, 4.69) is 37.8 Å². The Morgan fingerprint density at radius 2 is 1.89 bits per heavy atom. The molecule has 0 saturated carbocycles. The van der Waals surface area contributed by atoms with Crippen molar-refractivity contribution in [3.05, 3.63) is 34.4 Å². The number of rotatable bonds is 4. The molecule has 1 unspecified atom stereocenters. The third-order valence-corrected chi connectivity index (χ3v) is 4.46. The van der Waals surface area contributed by atoms with Crippen LogP contribution >= 0.6 is 0 Å². The van der Waals surface area contributed by atoms with Gasteiger partial charge in [0.25, 0.3) is 0 Å². The third-order valence-electron chi connectivity index (χ3n) is 4.46. The van der Waals surface area contributed by atoms with E-state index in [9.17, 15) is 4.79 Å². The molecule has 2 rings (SSSR count). The van der Waals surface area contributed by atoms with E-state index < -0.39 is 0 Å². The molecular weight excluding hydrogens is 234 g/mol. The quantitative estimate of drug-likeness (QED) is 0.769. The van der Waals surface area contributed by atoms with Crippen LogP contribution < -0.4 is 0 Å². The van der Waals surface area contributed by atoms with Crippen molar-refractivity contribution >= 4 is 5.78 Å². The molecule has 19 heavy (non-hydrogen) atoms. The van der Waals surface area contributed by atoms with Gasteiger partial charge in [0, 0.05) is 11.6 Å². The molecule has 1 heterocycles. The van der Waals surface area contributed by atoms with Gasteiger partial charge in [-0.05, 0) is 69.3 Å². The van der Waals surface area contributed by atoms with Crippen LogP contribution in [0.25, 0.3) is 0 Å². The summed E-state index contributed by atoms with van der Waals surface area (Å²) < 4.78 is 0. The Balaban J connectivity index is 2.14. The highest BCUT2D eigenvalue weighted by Crippen LogP contribution is 2.21. The van der Waals surface area contributed by atoms with E-state index in [4.69, 9.17) is 0 Å². The first kappa shape index (κ1) is 14.3. The number of benzene rings is 1. The van der Waals surface area contributed by atoms with E-state index in [1.807, 2.05) is 6.92 Å². The van der Waals surface area contributed by atoms with Crippen LogP contribution in [0.15, 0.2) is 12.1 Å². The molecule has 1 aliphatic rings. The van der Waals surface area contributed by atoms with Gasteiger partial charge in [0.05, 0.1) is 6.54 Å². The molecule has 1 aromatic rings. The van der Waals surface area contributed by atoms with Crippen molar-refractivity contribution in [2.75, 3.05) is 13.1 Å². The van der Waals surface area contributed by atoms with Crippen molar-refractivity contribution in [2.45, 2.75) is 53.0 Å². The normalized spacial score (nSPS) is 19.9. The van der Waals surface area contributed by atoms with Gasteiger partial charge >= 0.3 is 0 Å². The van der Waals surface area contributed by atoms with Gasteiger partial charge in [0.1, 0.15) is 0 Å². The van der Waals surface area contributed by atoms with Gasteiger partial charge in [-0.15, -0.1) is 0 Å². The zero-order valence-electron chi connectivity index (χ0n) is 12.6. The van der Waals surface area contributed by atoms with E-state index in [-0.39, 0.29) is 5.78 Å². The molecule has 0 aliphatic carbocycles. The molecule has 2 heteroatoms. The fourth-order valence-electron chi connectivity index (χ4n) is 3.10. The molecule has 0 bridgehead atoms. The van der Waals surface area contributed by atoms with Crippen LogP contribution in [0.4, 0.5) is 0 Å². The Labute approximate surface area is 116 Å². The molecule has 1 fully saturated rings. The van der Waals surface area contributed by atoms with Crippen molar-refractivity contribution in [2.24, 2.45) is 0 Å². The van der Waals surface area contributed by atoms with Crippen molar-refractivity contribution in [3.8, 4) is 0 Å². The van der Waals surface area contributed by atoms with Gasteiger partial charge in [0.15, 0.2) is 5.78 Å². The first-order valence-corrected chi connectivity index (χ1v) is 7.38. The highest BCUT2D eigenvalue weighted by molar-refractivity contribution is 5.99. The fourth-order valence-corrected chi connectivity index (χ4v) is 3.10. The number of likely N-dealkylation sites (tertiary alicyclic amines) is 1. The van der Waals surface area contributed by atoms with Crippen molar-refractivity contribution in [3.63, 3.8) is 0 Å². The van der Waals surface area contributed by atoms with Crippen molar-refractivity contribution < 1.29 is 4.79 Å². The summed E-state index contributed by atoms with van der Waals surface area (Å²) >= 11 is 0. The lowest BCUT2D eigenvalue weighted by Gasteiger charge is -2.22. The van der Waals surface area contributed by atoms with Crippen LogP contribution in [-0.4, -0.2) is 29.8 Å². The number of carbonyl (C=O) groups excluding carboxylic acids is 1. The number of hydrogen-bond donors (Lipinski definition) is 0. The Morgan fingerprint density at radius 1 is 1.21 bits per heavy atom. The van der Waals surface area contributed by atoms with Crippen LogP contribution in [0.5, 0.6) is 0 Å². The van der Waals surface area contributed by atoms with Gasteiger partial charge in [0.2, 0.25) is 0 Å². The average Bonchev–Trinajstić information content (AvgIpc) is 2.80. The molecule has 1 aromatic carbocycles. The molecule has 0 radical (unpaired) electrons. The van der Waals surface area contributed by atoms with Crippen molar-refractivity contribution in [1.29, 1.82) is 0 Å². The van der Waals surface area contributed by atoms with Gasteiger partial charge in [-0.3, -0.25) is 9.69 Å². The lowest BCUT2D eigenvalue weighted by atomic mass is 9.98. The Hall–Kier alpha value is -1.15. The molecule has 0 N–H and O–H groups in total. The number of carbonyl (C=O) groups is 1. The highest BCUT2D eigenvalue weighted by Gasteiger charge is 2.25. The van der Waals surface area contributed by atoms with Crippen LogP contribution in [0.1, 0.15) is 53.2 Å².